The van der Waals surface area contributed by atoms with Crippen molar-refractivity contribution >= 4 is 34.2 Å². The van der Waals surface area contributed by atoms with Gasteiger partial charge in [-0.25, -0.2) is 9.37 Å². The average molecular weight is 442 g/mol. The van der Waals surface area contributed by atoms with Crippen molar-refractivity contribution in [3.05, 3.63) is 70.2 Å². The molecule has 30 heavy (non-hydrogen) atoms. The normalized spacial score (nSPS) is 17.2. The molecule has 0 N–H and O–H groups in total. The monoisotopic (exact) mass is 441 g/mol. The molecule has 0 spiro atoms. The van der Waals surface area contributed by atoms with Crippen LogP contribution in [0.5, 0.6) is 0 Å². The van der Waals surface area contributed by atoms with Crippen molar-refractivity contribution in [2.75, 3.05) is 13.2 Å². The third kappa shape index (κ3) is 4.21. The van der Waals surface area contributed by atoms with E-state index in [1.807, 2.05) is 24.3 Å². The minimum atomic E-state index is -0.255. The summed E-state index contributed by atoms with van der Waals surface area (Å²) in [6.45, 7) is 1.45. The smallest absolute Gasteiger partial charge is 0.257 e. The van der Waals surface area contributed by atoms with Gasteiger partial charge in [-0.3, -0.25) is 9.56 Å². The number of nitrogens with zero attached hydrogens (tertiary/aromatic N) is 3. The summed E-state index contributed by atoms with van der Waals surface area (Å²) in [5.74, 6) is 0.408. The summed E-state index contributed by atoms with van der Waals surface area (Å²) in [5.41, 5.74) is 3.58. The zero-order valence-corrected chi connectivity index (χ0v) is 17.8. The zero-order valence-electron chi connectivity index (χ0n) is 16.2. The Morgan fingerprint density at radius 3 is 2.87 bits per heavy atom. The van der Waals surface area contributed by atoms with Crippen molar-refractivity contribution < 1.29 is 13.5 Å². The lowest BCUT2D eigenvalue weighted by Crippen LogP contribution is -2.19. The van der Waals surface area contributed by atoms with Crippen LogP contribution in [0.4, 0.5) is 4.39 Å². The van der Waals surface area contributed by atoms with Crippen LogP contribution in [0.25, 0.3) is 16.8 Å². The average Bonchev–Trinajstić information content (AvgIpc) is 3.50. The van der Waals surface area contributed by atoms with Crippen LogP contribution in [0.15, 0.2) is 68.5 Å². The number of thioether (sulfide) groups is 1. The second-order valence-corrected chi connectivity index (χ2v) is 8.80. The van der Waals surface area contributed by atoms with Crippen molar-refractivity contribution in [2.24, 2.45) is 4.99 Å². The van der Waals surface area contributed by atoms with E-state index in [2.05, 4.69) is 14.9 Å². The number of aromatic nitrogens is 2. The third-order valence-corrected chi connectivity index (χ3v) is 6.71. The molecule has 5 nitrogen and oxygen atoms in total. The van der Waals surface area contributed by atoms with Crippen LogP contribution in [0.2, 0.25) is 0 Å². The highest BCUT2D eigenvalue weighted by molar-refractivity contribution is 7.98. The maximum absolute atomic E-state index is 13.5. The number of oxazole rings is 1. The summed E-state index contributed by atoms with van der Waals surface area (Å²) in [7, 11) is 0. The molecule has 2 aromatic carbocycles. The standard InChI is InChI=1S/C22H20FN3O2S2/c23-15-7-9-16(10-8-15)26-17(13-29-21(26)24-12-18-4-3-11-27-18)14-30-22-25-19-5-1-2-6-20(19)28-22/h1-2,5-10,13,18H,3-4,11-12,14H2/t18-/m1/s1. The van der Waals surface area contributed by atoms with Crippen molar-refractivity contribution in [1.82, 2.24) is 9.55 Å². The molecule has 0 radical (unpaired) electrons. The van der Waals surface area contributed by atoms with Crippen molar-refractivity contribution in [3.63, 3.8) is 0 Å². The van der Waals surface area contributed by atoms with E-state index in [0.29, 0.717) is 17.5 Å². The van der Waals surface area contributed by atoms with E-state index in [1.54, 1.807) is 23.5 Å². The van der Waals surface area contributed by atoms with Gasteiger partial charge in [-0.1, -0.05) is 23.9 Å². The van der Waals surface area contributed by atoms with Crippen LogP contribution in [-0.4, -0.2) is 28.8 Å². The quantitative estimate of drug-likeness (QED) is 0.386. The Labute approximate surface area is 181 Å². The first-order valence-electron chi connectivity index (χ1n) is 9.82. The van der Waals surface area contributed by atoms with Crippen LogP contribution >= 0.6 is 23.1 Å². The van der Waals surface area contributed by atoms with Crippen LogP contribution in [0.3, 0.4) is 0 Å². The predicted octanol–water partition coefficient (Wildman–Crippen LogP) is 5.19. The van der Waals surface area contributed by atoms with Crippen LogP contribution in [0.1, 0.15) is 18.5 Å². The zero-order chi connectivity index (χ0) is 20.3. The molecule has 0 bridgehead atoms. The lowest BCUT2D eigenvalue weighted by Gasteiger charge is -2.09. The molecule has 154 valence electrons. The number of hydrogen-bond donors (Lipinski definition) is 0. The summed E-state index contributed by atoms with van der Waals surface area (Å²) in [4.78, 5) is 10.2. The number of thiazole rings is 1. The Kier molecular flexibility index (Phi) is 5.70. The molecule has 0 amide bonds. The van der Waals surface area contributed by atoms with Gasteiger partial charge in [-0.2, -0.15) is 0 Å². The Hall–Kier alpha value is -2.42. The molecule has 0 unspecified atom stereocenters. The number of para-hydroxylation sites is 2. The Bertz CT molecular complexity index is 1170. The fourth-order valence-corrected chi connectivity index (χ4v) is 5.25. The van der Waals surface area contributed by atoms with Gasteiger partial charge in [0.25, 0.3) is 5.22 Å². The molecule has 5 rings (SSSR count). The van der Waals surface area contributed by atoms with Gasteiger partial charge in [-0.05, 0) is 49.2 Å². The number of rotatable bonds is 6. The second-order valence-electron chi connectivity index (χ2n) is 7.03. The molecule has 1 aliphatic heterocycles. The molecule has 1 aliphatic rings. The number of ether oxygens (including phenoxy) is 1. The molecule has 1 saturated heterocycles. The van der Waals surface area contributed by atoms with E-state index in [0.717, 1.165) is 46.7 Å². The van der Waals surface area contributed by atoms with Crippen molar-refractivity contribution in [2.45, 2.75) is 29.9 Å². The summed E-state index contributed by atoms with van der Waals surface area (Å²) >= 11 is 3.12. The van der Waals surface area contributed by atoms with E-state index in [9.17, 15) is 4.39 Å². The fourth-order valence-electron chi connectivity index (χ4n) is 3.44. The van der Waals surface area contributed by atoms with Gasteiger partial charge >= 0.3 is 0 Å². The molecule has 1 atom stereocenters. The Balaban J connectivity index is 1.44. The third-order valence-electron chi connectivity index (χ3n) is 4.94. The van der Waals surface area contributed by atoms with Gasteiger partial charge in [0.15, 0.2) is 10.4 Å². The minimum Gasteiger partial charge on any atom is -0.431 e. The molecule has 0 aliphatic carbocycles. The van der Waals surface area contributed by atoms with Gasteiger partial charge < -0.3 is 9.15 Å². The van der Waals surface area contributed by atoms with Gasteiger partial charge in [-0.15, -0.1) is 11.3 Å². The molecule has 8 heteroatoms. The maximum Gasteiger partial charge on any atom is 0.257 e. The van der Waals surface area contributed by atoms with E-state index in [-0.39, 0.29) is 11.9 Å². The van der Waals surface area contributed by atoms with Gasteiger partial charge in [0.2, 0.25) is 0 Å². The van der Waals surface area contributed by atoms with Crippen molar-refractivity contribution in [1.29, 1.82) is 0 Å². The highest BCUT2D eigenvalue weighted by Crippen LogP contribution is 2.27. The predicted molar refractivity (Wildman–Crippen MR) is 117 cm³/mol. The van der Waals surface area contributed by atoms with Crippen molar-refractivity contribution in [3.8, 4) is 5.69 Å². The highest BCUT2D eigenvalue weighted by Gasteiger charge is 2.16. The first kappa shape index (κ1) is 19.5. The molecule has 4 aromatic rings. The maximum atomic E-state index is 13.5. The van der Waals surface area contributed by atoms with E-state index in [1.165, 1.54) is 23.9 Å². The molecular weight excluding hydrogens is 421 g/mol. The fraction of sp³-hybridized carbons (Fsp3) is 0.273. The Morgan fingerprint density at radius 1 is 1.20 bits per heavy atom. The van der Waals surface area contributed by atoms with Crippen LogP contribution < -0.4 is 4.80 Å². The molecule has 1 fully saturated rings. The summed E-state index contributed by atoms with van der Waals surface area (Å²) in [6, 6.07) is 14.2. The SMILES string of the molecule is Fc1ccc(-n2c(CSc3nc4ccccc4o3)csc2=NC[C@H]2CCCO2)cc1. The first-order valence-corrected chi connectivity index (χ1v) is 11.7. The summed E-state index contributed by atoms with van der Waals surface area (Å²) in [6.07, 6.45) is 2.33. The largest absolute Gasteiger partial charge is 0.431 e. The molecule has 3 heterocycles. The van der Waals surface area contributed by atoms with Crippen LogP contribution in [-0.2, 0) is 10.5 Å². The van der Waals surface area contributed by atoms with Gasteiger partial charge in [0.1, 0.15) is 11.3 Å². The lowest BCUT2D eigenvalue weighted by molar-refractivity contribution is 0.117. The topological polar surface area (TPSA) is 52.5 Å². The van der Waals surface area contributed by atoms with E-state index >= 15 is 0 Å². The van der Waals surface area contributed by atoms with E-state index < -0.39 is 0 Å². The van der Waals surface area contributed by atoms with Gasteiger partial charge in [0.05, 0.1) is 12.6 Å². The van der Waals surface area contributed by atoms with Crippen LogP contribution in [0, 0.1) is 5.82 Å². The second kappa shape index (κ2) is 8.75. The molecular formula is C22H20FN3O2S2. The number of halogens is 1. The summed E-state index contributed by atoms with van der Waals surface area (Å²) in [5, 5.41) is 2.72. The highest BCUT2D eigenvalue weighted by atomic mass is 32.2. The van der Waals surface area contributed by atoms with E-state index in [4.69, 9.17) is 14.1 Å². The first-order chi connectivity index (χ1) is 14.8. The summed E-state index contributed by atoms with van der Waals surface area (Å²) < 4.78 is 27.1. The number of benzene rings is 2. The number of hydrogen-bond acceptors (Lipinski definition) is 6. The molecule has 0 saturated carbocycles. The lowest BCUT2D eigenvalue weighted by atomic mass is 10.2. The Morgan fingerprint density at radius 2 is 2.07 bits per heavy atom. The minimum absolute atomic E-state index is 0.186. The molecule has 2 aromatic heterocycles. The number of fused-ring (bicyclic) bond motifs is 1. The van der Waals surface area contributed by atoms with Gasteiger partial charge in [0, 0.05) is 29.1 Å².